The molecule has 5 nitrogen and oxygen atoms in total. The standard InChI is InChI=1S/C17H26N2O3/c1-13-5-6-14(11-19-17(20)4-3-8-18-2)16(10-13)22-15-7-9-21-12-15/h5-6,10,15,18H,3-4,7-9,11-12H2,1-2H3,(H,19,20). The van der Waals surface area contributed by atoms with E-state index in [-0.39, 0.29) is 12.0 Å². The maximum atomic E-state index is 11.8. The van der Waals surface area contributed by atoms with Gasteiger partial charge in [-0.05, 0) is 38.6 Å². The van der Waals surface area contributed by atoms with Gasteiger partial charge in [-0.1, -0.05) is 12.1 Å². The van der Waals surface area contributed by atoms with Gasteiger partial charge in [0, 0.05) is 24.9 Å². The van der Waals surface area contributed by atoms with E-state index in [0.717, 1.165) is 42.9 Å². The summed E-state index contributed by atoms with van der Waals surface area (Å²) in [5.41, 5.74) is 2.16. The molecule has 1 amide bonds. The smallest absolute Gasteiger partial charge is 0.220 e. The van der Waals surface area contributed by atoms with E-state index < -0.39 is 0 Å². The molecule has 0 saturated carbocycles. The maximum Gasteiger partial charge on any atom is 0.220 e. The van der Waals surface area contributed by atoms with Gasteiger partial charge in [-0.2, -0.15) is 0 Å². The molecule has 2 rings (SSSR count). The average molecular weight is 306 g/mol. The van der Waals surface area contributed by atoms with Crippen LogP contribution in [0.2, 0.25) is 0 Å². The Balaban J connectivity index is 1.90. The van der Waals surface area contributed by atoms with Gasteiger partial charge in [0.15, 0.2) is 0 Å². The summed E-state index contributed by atoms with van der Waals surface area (Å²) in [4.78, 5) is 11.8. The summed E-state index contributed by atoms with van der Waals surface area (Å²) in [7, 11) is 1.89. The fourth-order valence-electron chi connectivity index (χ4n) is 2.41. The fourth-order valence-corrected chi connectivity index (χ4v) is 2.41. The van der Waals surface area contributed by atoms with Crippen LogP contribution in [0.25, 0.3) is 0 Å². The molecule has 0 bridgehead atoms. The van der Waals surface area contributed by atoms with Crippen molar-refractivity contribution in [2.75, 3.05) is 26.8 Å². The summed E-state index contributed by atoms with van der Waals surface area (Å²) in [6.45, 7) is 4.80. The molecule has 1 aliphatic heterocycles. The summed E-state index contributed by atoms with van der Waals surface area (Å²) in [5, 5.41) is 6.01. The van der Waals surface area contributed by atoms with Crippen molar-refractivity contribution >= 4 is 5.91 Å². The Labute approximate surface area is 132 Å². The van der Waals surface area contributed by atoms with Crippen molar-refractivity contribution in [1.29, 1.82) is 0 Å². The molecular weight excluding hydrogens is 280 g/mol. The van der Waals surface area contributed by atoms with Crippen molar-refractivity contribution in [3.63, 3.8) is 0 Å². The molecule has 1 aromatic rings. The molecule has 22 heavy (non-hydrogen) atoms. The summed E-state index contributed by atoms with van der Waals surface area (Å²) in [5.74, 6) is 0.928. The number of carbonyl (C=O) groups excluding carboxylic acids is 1. The van der Waals surface area contributed by atoms with E-state index in [0.29, 0.717) is 19.6 Å². The van der Waals surface area contributed by atoms with Gasteiger partial charge in [-0.3, -0.25) is 4.79 Å². The van der Waals surface area contributed by atoms with E-state index in [9.17, 15) is 4.79 Å². The number of hydrogen-bond donors (Lipinski definition) is 2. The highest BCUT2D eigenvalue weighted by atomic mass is 16.5. The minimum Gasteiger partial charge on any atom is -0.488 e. The highest BCUT2D eigenvalue weighted by Crippen LogP contribution is 2.23. The molecule has 1 saturated heterocycles. The first-order chi connectivity index (χ1) is 10.7. The molecule has 0 aliphatic carbocycles. The Morgan fingerprint density at radius 2 is 2.32 bits per heavy atom. The number of rotatable bonds is 8. The normalized spacial score (nSPS) is 17.5. The van der Waals surface area contributed by atoms with Crippen LogP contribution >= 0.6 is 0 Å². The Morgan fingerprint density at radius 1 is 1.45 bits per heavy atom. The van der Waals surface area contributed by atoms with Crippen molar-refractivity contribution in [3.8, 4) is 5.75 Å². The lowest BCUT2D eigenvalue weighted by atomic mass is 10.1. The Bertz CT molecular complexity index is 485. The Morgan fingerprint density at radius 3 is 3.05 bits per heavy atom. The lowest BCUT2D eigenvalue weighted by Gasteiger charge is -2.17. The molecule has 2 N–H and O–H groups in total. The number of hydrogen-bond acceptors (Lipinski definition) is 4. The van der Waals surface area contributed by atoms with Crippen LogP contribution in [0, 0.1) is 6.92 Å². The molecule has 1 atom stereocenters. The summed E-state index contributed by atoms with van der Waals surface area (Å²) in [6, 6.07) is 6.09. The lowest BCUT2D eigenvalue weighted by molar-refractivity contribution is -0.121. The van der Waals surface area contributed by atoms with Crippen molar-refractivity contribution in [2.45, 2.75) is 38.8 Å². The van der Waals surface area contributed by atoms with Crippen molar-refractivity contribution < 1.29 is 14.3 Å². The lowest BCUT2D eigenvalue weighted by Crippen LogP contribution is -2.24. The number of nitrogens with one attached hydrogen (secondary N) is 2. The van der Waals surface area contributed by atoms with E-state index in [1.165, 1.54) is 0 Å². The SMILES string of the molecule is CNCCCC(=O)NCc1ccc(C)cc1OC1CCOC1. The van der Waals surface area contributed by atoms with Gasteiger partial charge in [0.25, 0.3) is 0 Å². The second-order valence-electron chi connectivity index (χ2n) is 5.70. The quantitative estimate of drug-likeness (QED) is 0.719. The molecule has 0 radical (unpaired) electrons. The van der Waals surface area contributed by atoms with Crippen LogP contribution in [0.4, 0.5) is 0 Å². The van der Waals surface area contributed by atoms with Gasteiger partial charge in [-0.25, -0.2) is 0 Å². The first-order valence-corrected chi connectivity index (χ1v) is 7.94. The molecule has 0 spiro atoms. The summed E-state index contributed by atoms with van der Waals surface area (Å²) < 4.78 is 11.4. The van der Waals surface area contributed by atoms with Gasteiger partial charge in [-0.15, -0.1) is 0 Å². The largest absolute Gasteiger partial charge is 0.488 e. The molecule has 1 fully saturated rings. The second kappa shape index (κ2) is 8.76. The zero-order valence-electron chi connectivity index (χ0n) is 13.5. The van der Waals surface area contributed by atoms with Crippen molar-refractivity contribution in [1.82, 2.24) is 10.6 Å². The molecule has 5 heteroatoms. The Hall–Kier alpha value is -1.59. The fraction of sp³-hybridized carbons (Fsp3) is 0.588. The highest BCUT2D eigenvalue weighted by Gasteiger charge is 2.18. The first kappa shape index (κ1) is 16.8. The second-order valence-corrected chi connectivity index (χ2v) is 5.70. The summed E-state index contributed by atoms with van der Waals surface area (Å²) >= 11 is 0. The van der Waals surface area contributed by atoms with Crippen LogP contribution in [-0.2, 0) is 16.1 Å². The van der Waals surface area contributed by atoms with Crippen molar-refractivity contribution in [2.24, 2.45) is 0 Å². The predicted molar refractivity (Wildman–Crippen MR) is 86.0 cm³/mol. The molecule has 0 aromatic heterocycles. The van der Waals surface area contributed by atoms with Gasteiger partial charge in [0.05, 0.1) is 13.2 Å². The summed E-state index contributed by atoms with van der Waals surface area (Å²) in [6.07, 6.45) is 2.43. The Kier molecular flexibility index (Phi) is 6.68. The van der Waals surface area contributed by atoms with Crippen LogP contribution in [-0.4, -0.2) is 38.8 Å². The molecule has 1 heterocycles. The monoisotopic (exact) mass is 306 g/mol. The van der Waals surface area contributed by atoms with Crippen LogP contribution in [0.5, 0.6) is 5.75 Å². The van der Waals surface area contributed by atoms with E-state index in [1.54, 1.807) is 0 Å². The third-order valence-electron chi connectivity index (χ3n) is 3.71. The number of aryl methyl sites for hydroxylation is 1. The number of amides is 1. The number of ether oxygens (including phenoxy) is 2. The van der Waals surface area contributed by atoms with Gasteiger partial charge >= 0.3 is 0 Å². The third-order valence-corrected chi connectivity index (χ3v) is 3.71. The minimum atomic E-state index is 0.0750. The minimum absolute atomic E-state index is 0.0750. The maximum absolute atomic E-state index is 11.8. The topological polar surface area (TPSA) is 59.6 Å². The van der Waals surface area contributed by atoms with E-state index in [2.05, 4.69) is 10.6 Å². The van der Waals surface area contributed by atoms with E-state index >= 15 is 0 Å². The molecule has 122 valence electrons. The van der Waals surface area contributed by atoms with E-state index in [4.69, 9.17) is 9.47 Å². The first-order valence-electron chi connectivity index (χ1n) is 7.94. The molecular formula is C17H26N2O3. The van der Waals surface area contributed by atoms with Gasteiger partial charge in [0.1, 0.15) is 11.9 Å². The number of benzene rings is 1. The molecule has 1 unspecified atom stereocenters. The van der Waals surface area contributed by atoms with E-state index in [1.807, 2.05) is 32.2 Å². The van der Waals surface area contributed by atoms with Crippen LogP contribution in [0.1, 0.15) is 30.4 Å². The molecule has 1 aromatic carbocycles. The average Bonchev–Trinajstić information content (AvgIpc) is 3.00. The van der Waals surface area contributed by atoms with Crippen molar-refractivity contribution in [3.05, 3.63) is 29.3 Å². The predicted octanol–water partition coefficient (Wildman–Crippen LogP) is 1.78. The zero-order chi connectivity index (χ0) is 15.8. The highest BCUT2D eigenvalue weighted by molar-refractivity contribution is 5.75. The third kappa shape index (κ3) is 5.31. The van der Waals surface area contributed by atoms with Gasteiger partial charge < -0.3 is 20.1 Å². The molecule has 1 aliphatic rings. The van der Waals surface area contributed by atoms with Crippen LogP contribution < -0.4 is 15.4 Å². The van der Waals surface area contributed by atoms with Gasteiger partial charge in [0.2, 0.25) is 5.91 Å². The van der Waals surface area contributed by atoms with Crippen LogP contribution in [0.15, 0.2) is 18.2 Å². The van der Waals surface area contributed by atoms with Crippen LogP contribution in [0.3, 0.4) is 0 Å². The number of carbonyl (C=O) groups is 1. The zero-order valence-corrected chi connectivity index (χ0v) is 13.5.